The van der Waals surface area contributed by atoms with Crippen molar-refractivity contribution < 1.29 is 14.7 Å². The van der Waals surface area contributed by atoms with Crippen molar-refractivity contribution in [2.75, 3.05) is 13.6 Å². The zero-order valence-corrected chi connectivity index (χ0v) is 10.5. The number of nitrogens with zero attached hydrogens (tertiary/aromatic N) is 2. The number of amides is 1. The van der Waals surface area contributed by atoms with Crippen LogP contribution >= 0.6 is 11.3 Å². The molecule has 0 fully saturated rings. The van der Waals surface area contributed by atoms with Crippen LogP contribution in [0.3, 0.4) is 0 Å². The summed E-state index contributed by atoms with van der Waals surface area (Å²) in [6.07, 6.45) is 0.104. The number of carbonyl (C=O) groups is 2. The smallest absolute Gasteiger partial charge is 0.323 e. The maximum absolute atomic E-state index is 11.6. The molecule has 1 aromatic rings. The molecule has 6 nitrogen and oxygen atoms in total. The molecule has 0 aliphatic heterocycles. The van der Waals surface area contributed by atoms with Crippen molar-refractivity contribution in [1.82, 2.24) is 9.88 Å². The van der Waals surface area contributed by atoms with Crippen LogP contribution in [0.5, 0.6) is 0 Å². The van der Waals surface area contributed by atoms with Crippen LogP contribution in [-0.2, 0) is 16.0 Å². The fourth-order valence-electron chi connectivity index (χ4n) is 1.19. The van der Waals surface area contributed by atoms with E-state index in [2.05, 4.69) is 4.98 Å². The van der Waals surface area contributed by atoms with E-state index in [4.69, 9.17) is 10.8 Å². The van der Waals surface area contributed by atoms with Crippen LogP contribution in [0.4, 0.5) is 0 Å². The second kappa shape index (κ2) is 5.74. The molecule has 0 saturated heterocycles. The Morgan fingerprint density at radius 2 is 2.29 bits per heavy atom. The maximum Gasteiger partial charge on any atom is 0.323 e. The molecule has 1 unspecified atom stereocenters. The summed E-state index contributed by atoms with van der Waals surface area (Å²) in [5.41, 5.74) is 6.29. The average molecular weight is 257 g/mol. The third-order valence-electron chi connectivity index (χ3n) is 2.09. The lowest BCUT2D eigenvalue weighted by Crippen LogP contribution is -2.33. The predicted molar refractivity (Wildman–Crippen MR) is 63.7 cm³/mol. The third kappa shape index (κ3) is 4.12. The summed E-state index contributed by atoms with van der Waals surface area (Å²) in [5, 5.41) is 11.1. The molecule has 0 radical (unpaired) electrons. The van der Waals surface area contributed by atoms with Crippen molar-refractivity contribution in [2.24, 2.45) is 5.73 Å². The van der Waals surface area contributed by atoms with Crippen molar-refractivity contribution >= 4 is 23.2 Å². The van der Waals surface area contributed by atoms with Crippen LogP contribution in [0.15, 0.2) is 5.38 Å². The molecule has 0 spiro atoms. The Kier molecular flexibility index (Phi) is 4.59. The number of hydrogen-bond acceptors (Lipinski definition) is 5. The van der Waals surface area contributed by atoms with Gasteiger partial charge in [-0.15, -0.1) is 11.3 Å². The van der Waals surface area contributed by atoms with E-state index in [1.165, 1.54) is 18.4 Å². The third-order valence-corrected chi connectivity index (χ3v) is 3.18. The van der Waals surface area contributed by atoms with Gasteiger partial charge in [0.25, 0.3) is 0 Å². The fourth-order valence-corrected chi connectivity index (χ4v) is 1.97. The number of carboxylic acid groups (broad SMARTS) is 1. The summed E-state index contributed by atoms with van der Waals surface area (Å²) < 4.78 is 0. The molecule has 0 saturated carbocycles. The molecule has 0 aromatic carbocycles. The van der Waals surface area contributed by atoms with E-state index in [9.17, 15) is 9.59 Å². The predicted octanol–water partition coefficient (Wildman–Crippen LogP) is 0.248. The minimum absolute atomic E-state index is 0.104. The van der Waals surface area contributed by atoms with Crippen molar-refractivity contribution in [1.29, 1.82) is 0 Å². The van der Waals surface area contributed by atoms with Crippen LogP contribution in [0.25, 0.3) is 0 Å². The SMILES string of the molecule is CC(N)c1nc(CC(=O)N(C)CC(=O)O)cs1. The molecule has 17 heavy (non-hydrogen) atoms. The van der Waals surface area contributed by atoms with Crippen molar-refractivity contribution in [3.8, 4) is 0 Å². The molecule has 1 rings (SSSR count). The molecular weight excluding hydrogens is 242 g/mol. The van der Waals surface area contributed by atoms with Gasteiger partial charge in [0.15, 0.2) is 0 Å². The molecule has 1 amide bonds. The van der Waals surface area contributed by atoms with E-state index < -0.39 is 5.97 Å². The molecule has 3 N–H and O–H groups in total. The maximum atomic E-state index is 11.6. The number of nitrogens with two attached hydrogens (primary N) is 1. The Morgan fingerprint density at radius 3 is 2.76 bits per heavy atom. The number of hydrogen-bond donors (Lipinski definition) is 2. The number of carboxylic acids is 1. The lowest BCUT2D eigenvalue weighted by molar-refractivity contribution is -0.143. The highest BCUT2D eigenvalue weighted by atomic mass is 32.1. The van der Waals surface area contributed by atoms with Crippen LogP contribution in [0.1, 0.15) is 23.7 Å². The first-order valence-electron chi connectivity index (χ1n) is 5.05. The monoisotopic (exact) mass is 257 g/mol. The highest BCUT2D eigenvalue weighted by Crippen LogP contribution is 2.16. The molecule has 0 aliphatic carbocycles. The van der Waals surface area contributed by atoms with Gasteiger partial charge in [-0.25, -0.2) is 4.98 Å². The lowest BCUT2D eigenvalue weighted by Gasteiger charge is -2.13. The Balaban J connectivity index is 2.58. The van der Waals surface area contributed by atoms with Crippen molar-refractivity contribution in [2.45, 2.75) is 19.4 Å². The van der Waals surface area contributed by atoms with E-state index in [1.807, 2.05) is 6.92 Å². The molecule has 1 atom stereocenters. The van der Waals surface area contributed by atoms with Gasteiger partial charge in [-0.1, -0.05) is 0 Å². The van der Waals surface area contributed by atoms with Crippen LogP contribution < -0.4 is 5.73 Å². The molecular formula is C10H15N3O3S. The van der Waals surface area contributed by atoms with Crippen LogP contribution in [0.2, 0.25) is 0 Å². The number of aliphatic carboxylic acids is 1. The topological polar surface area (TPSA) is 96.5 Å². The van der Waals surface area contributed by atoms with Gasteiger partial charge in [0, 0.05) is 12.4 Å². The molecule has 1 aromatic heterocycles. The first-order chi connectivity index (χ1) is 7.90. The van der Waals surface area contributed by atoms with Gasteiger partial charge in [0.1, 0.15) is 11.6 Å². The van der Waals surface area contributed by atoms with E-state index in [0.29, 0.717) is 5.69 Å². The van der Waals surface area contributed by atoms with E-state index in [1.54, 1.807) is 5.38 Å². The summed E-state index contributed by atoms with van der Waals surface area (Å²) in [6, 6.07) is -0.152. The number of likely N-dealkylation sites (N-methyl/N-ethyl adjacent to an activating group) is 1. The van der Waals surface area contributed by atoms with Crippen molar-refractivity contribution in [3.63, 3.8) is 0 Å². The molecule has 0 aliphatic rings. The molecule has 7 heteroatoms. The molecule has 0 bridgehead atoms. The minimum atomic E-state index is -1.03. The number of carbonyl (C=O) groups excluding carboxylic acids is 1. The second-order valence-electron chi connectivity index (χ2n) is 3.79. The number of thiazole rings is 1. The van der Waals surface area contributed by atoms with Gasteiger partial charge in [-0.05, 0) is 6.92 Å². The highest BCUT2D eigenvalue weighted by Gasteiger charge is 2.15. The zero-order chi connectivity index (χ0) is 13.0. The summed E-state index contributed by atoms with van der Waals surface area (Å²) >= 11 is 1.40. The molecule has 94 valence electrons. The summed E-state index contributed by atoms with van der Waals surface area (Å²) in [4.78, 5) is 27.4. The van der Waals surface area contributed by atoms with Crippen LogP contribution in [-0.4, -0.2) is 40.5 Å². The normalized spacial score (nSPS) is 12.2. The largest absolute Gasteiger partial charge is 0.480 e. The van der Waals surface area contributed by atoms with Gasteiger partial charge in [-0.3, -0.25) is 9.59 Å². The summed E-state index contributed by atoms with van der Waals surface area (Å²) in [5.74, 6) is -1.30. The Bertz CT molecular complexity index is 417. The summed E-state index contributed by atoms with van der Waals surface area (Å²) in [7, 11) is 1.45. The number of aromatic nitrogens is 1. The summed E-state index contributed by atoms with van der Waals surface area (Å²) in [6.45, 7) is 1.52. The second-order valence-corrected chi connectivity index (χ2v) is 4.68. The Labute approximate surface area is 103 Å². The van der Waals surface area contributed by atoms with Gasteiger partial charge in [-0.2, -0.15) is 0 Å². The van der Waals surface area contributed by atoms with Gasteiger partial charge >= 0.3 is 5.97 Å². The van der Waals surface area contributed by atoms with Crippen molar-refractivity contribution in [3.05, 3.63) is 16.1 Å². The van der Waals surface area contributed by atoms with E-state index >= 15 is 0 Å². The minimum Gasteiger partial charge on any atom is -0.480 e. The Hall–Kier alpha value is -1.47. The van der Waals surface area contributed by atoms with Gasteiger partial charge in [0.2, 0.25) is 5.91 Å². The average Bonchev–Trinajstić information content (AvgIpc) is 2.65. The van der Waals surface area contributed by atoms with E-state index in [-0.39, 0.29) is 24.9 Å². The van der Waals surface area contributed by atoms with Crippen LogP contribution in [0, 0.1) is 0 Å². The molecule has 1 heterocycles. The quantitative estimate of drug-likeness (QED) is 0.788. The Morgan fingerprint density at radius 1 is 1.65 bits per heavy atom. The zero-order valence-electron chi connectivity index (χ0n) is 9.71. The van der Waals surface area contributed by atoms with E-state index in [0.717, 1.165) is 9.91 Å². The standard InChI is InChI=1S/C10H15N3O3S/c1-6(11)10-12-7(5-17-10)3-8(14)13(2)4-9(15)16/h5-6H,3-4,11H2,1-2H3,(H,15,16). The highest BCUT2D eigenvalue weighted by molar-refractivity contribution is 7.09. The lowest BCUT2D eigenvalue weighted by atomic mass is 10.3. The number of rotatable bonds is 5. The first-order valence-corrected chi connectivity index (χ1v) is 5.93. The fraction of sp³-hybridized carbons (Fsp3) is 0.500. The first kappa shape index (κ1) is 13.6. The van der Waals surface area contributed by atoms with Gasteiger partial charge < -0.3 is 15.7 Å². The van der Waals surface area contributed by atoms with Gasteiger partial charge in [0.05, 0.1) is 18.2 Å².